The first-order chi connectivity index (χ1) is 14.1. The molecule has 2 heterocycles. The van der Waals surface area contributed by atoms with Crippen molar-refractivity contribution in [1.82, 2.24) is 14.7 Å². The predicted molar refractivity (Wildman–Crippen MR) is 130 cm³/mol. The van der Waals surface area contributed by atoms with E-state index in [9.17, 15) is 4.79 Å². The summed E-state index contributed by atoms with van der Waals surface area (Å²) < 4.78 is 13.7. The maximum absolute atomic E-state index is 12.4. The van der Waals surface area contributed by atoms with Gasteiger partial charge in [-0.05, 0) is 45.8 Å². The molecule has 8 nitrogen and oxygen atoms in total. The molecule has 1 aliphatic rings. The highest BCUT2D eigenvalue weighted by Gasteiger charge is 2.37. The van der Waals surface area contributed by atoms with Gasteiger partial charge in [-0.2, -0.15) is 5.10 Å². The smallest absolute Gasteiger partial charge is 0.410 e. The van der Waals surface area contributed by atoms with Crippen LogP contribution in [0.4, 0.5) is 16.3 Å². The summed E-state index contributed by atoms with van der Waals surface area (Å²) in [6.07, 6.45) is -0.245. The van der Waals surface area contributed by atoms with Crippen LogP contribution in [0.5, 0.6) is 0 Å². The number of hydrogen-bond donors (Lipinski definition) is 1. The van der Waals surface area contributed by atoms with Crippen LogP contribution in [0.15, 0.2) is 0 Å². The summed E-state index contributed by atoms with van der Waals surface area (Å²) in [6.45, 7) is 23.2. The average Bonchev–Trinajstić information content (AvgIpc) is 2.91. The lowest BCUT2D eigenvalue weighted by atomic mass is 10.2. The molecule has 1 aromatic heterocycles. The van der Waals surface area contributed by atoms with E-state index in [0.717, 1.165) is 36.8 Å². The van der Waals surface area contributed by atoms with E-state index < -0.39 is 13.9 Å². The molecule has 9 heteroatoms. The van der Waals surface area contributed by atoms with Crippen LogP contribution < -0.4 is 10.2 Å². The molecule has 1 aromatic rings. The average molecular weight is 454 g/mol. The van der Waals surface area contributed by atoms with Gasteiger partial charge in [-0.25, -0.2) is 4.79 Å². The van der Waals surface area contributed by atoms with E-state index in [1.165, 1.54) is 0 Å². The molecule has 0 saturated carbocycles. The summed E-state index contributed by atoms with van der Waals surface area (Å²) in [6, 6.07) is 0. The first kappa shape index (κ1) is 25.5. The van der Waals surface area contributed by atoms with Gasteiger partial charge in [0, 0.05) is 39.8 Å². The van der Waals surface area contributed by atoms with Crippen molar-refractivity contribution < 1.29 is 14.0 Å². The number of hydrogen-bond acceptors (Lipinski definition) is 6. The number of aryl methyl sites for hydroxylation is 1. The largest absolute Gasteiger partial charge is 0.444 e. The zero-order valence-corrected chi connectivity index (χ0v) is 22.3. The molecular weight excluding hydrogens is 410 g/mol. The molecule has 178 valence electrons. The third-order valence-corrected chi connectivity index (χ3v) is 10.8. The fourth-order valence-electron chi connectivity index (χ4n) is 3.15. The van der Waals surface area contributed by atoms with E-state index in [2.05, 4.69) is 51.0 Å². The zero-order valence-electron chi connectivity index (χ0n) is 21.3. The van der Waals surface area contributed by atoms with Crippen molar-refractivity contribution in [1.29, 1.82) is 0 Å². The van der Waals surface area contributed by atoms with Gasteiger partial charge in [0.1, 0.15) is 11.3 Å². The number of nitrogens with zero attached hydrogens (tertiary/aromatic N) is 4. The number of ether oxygens (including phenoxy) is 1. The van der Waals surface area contributed by atoms with E-state index in [1.807, 2.05) is 32.5 Å². The molecule has 0 aliphatic carbocycles. The van der Waals surface area contributed by atoms with Crippen molar-refractivity contribution in [3.05, 3.63) is 5.69 Å². The number of rotatable bonds is 6. The standard InChI is InChI=1S/C22H43N5O3Si/c1-17-18(23-11-16-29-31(9,10)22(5,6)7)19(24-25(17)8)26-12-14-27(15-13-26)20(28)30-21(2,3)4/h23H,11-16H2,1-10H3. The Morgan fingerprint density at radius 1 is 1.10 bits per heavy atom. The SMILES string of the molecule is Cc1c(NCCO[Si](C)(C)C(C)(C)C)c(N2CCN(C(=O)OC(C)(C)C)CC2)nn1C. The van der Waals surface area contributed by atoms with Gasteiger partial charge in [0.25, 0.3) is 0 Å². The van der Waals surface area contributed by atoms with Crippen LogP contribution in [0.3, 0.4) is 0 Å². The lowest BCUT2D eigenvalue weighted by molar-refractivity contribution is 0.0240. The highest BCUT2D eigenvalue weighted by Crippen LogP contribution is 2.36. The number of aromatic nitrogens is 2. The third kappa shape index (κ3) is 6.62. The van der Waals surface area contributed by atoms with E-state index in [-0.39, 0.29) is 11.1 Å². The Labute approximate surface area is 189 Å². The fraction of sp³-hybridized carbons (Fsp3) is 0.818. The molecule has 0 spiro atoms. The molecule has 1 saturated heterocycles. The Morgan fingerprint density at radius 2 is 1.68 bits per heavy atom. The summed E-state index contributed by atoms with van der Waals surface area (Å²) >= 11 is 0. The topological polar surface area (TPSA) is 71.9 Å². The summed E-state index contributed by atoms with van der Waals surface area (Å²) in [5, 5.41) is 8.50. The number of piperazine rings is 1. The minimum atomic E-state index is -1.75. The van der Waals surface area contributed by atoms with Crippen molar-refractivity contribution in [3.8, 4) is 0 Å². The second-order valence-electron chi connectivity index (χ2n) is 10.9. The van der Waals surface area contributed by atoms with Gasteiger partial charge in [0.2, 0.25) is 0 Å². The predicted octanol–water partition coefficient (Wildman–Crippen LogP) is 4.22. The monoisotopic (exact) mass is 453 g/mol. The Bertz CT molecular complexity index is 756. The third-order valence-electron chi connectivity index (χ3n) is 6.22. The highest BCUT2D eigenvalue weighted by atomic mass is 28.4. The molecule has 1 fully saturated rings. The molecule has 0 atom stereocenters. The zero-order chi connectivity index (χ0) is 23.6. The maximum Gasteiger partial charge on any atom is 0.410 e. The molecule has 1 amide bonds. The molecule has 0 radical (unpaired) electrons. The van der Waals surface area contributed by atoms with E-state index in [1.54, 1.807) is 4.90 Å². The minimum Gasteiger partial charge on any atom is -0.444 e. The summed E-state index contributed by atoms with van der Waals surface area (Å²) in [5.41, 5.74) is 1.67. The van der Waals surface area contributed by atoms with Gasteiger partial charge in [0.05, 0.1) is 12.3 Å². The first-order valence-corrected chi connectivity index (χ1v) is 14.2. The lowest BCUT2D eigenvalue weighted by Gasteiger charge is -2.36. The Kier molecular flexibility index (Phi) is 7.74. The molecule has 0 unspecified atom stereocenters. The Balaban J connectivity index is 1.97. The van der Waals surface area contributed by atoms with Crippen LogP contribution in [-0.2, 0) is 16.2 Å². The van der Waals surface area contributed by atoms with E-state index in [0.29, 0.717) is 19.7 Å². The van der Waals surface area contributed by atoms with Gasteiger partial charge in [-0.3, -0.25) is 4.68 Å². The van der Waals surface area contributed by atoms with Crippen LogP contribution in [-0.4, -0.2) is 74.0 Å². The van der Waals surface area contributed by atoms with Crippen molar-refractivity contribution in [3.63, 3.8) is 0 Å². The fourth-order valence-corrected chi connectivity index (χ4v) is 4.19. The molecule has 0 aromatic carbocycles. The number of anilines is 2. The maximum atomic E-state index is 12.4. The van der Waals surface area contributed by atoms with Crippen LogP contribution >= 0.6 is 0 Å². The Hall–Kier alpha value is -1.74. The number of amides is 1. The van der Waals surface area contributed by atoms with Gasteiger partial charge >= 0.3 is 6.09 Å². The highest BCUT2D eigenvalue weighted by molar-refractivity contribution is 6.74. The molecule has 1 aliphatic heterocycles. The summed E-state index contributed by atoms with van der Waals surface area (Å²) in [4.78, 5) is 16.4. The van der Waals surface area contributed by atoms with Gasteiger partial charge in [-0.1, -0.05) is 20.8 Å². The van der Waals surface area contributed by atoms with Crippen LogP contribution in [0.25, 0.3) is 0 Å². The molecule has 1 N–H and O–H groups in total. The number of nitrogens with one attached hydrogen (secondary N) is 1. The lowest BCUT2D eigenvalue weighted by Crippen LogP contribution is -2.50. The number of carbonyl (C=O) groups excluding carboxylic acids is 1. The normalized spacial score (nSPS) is 15.9. The summed E-state index contributed by atoms with van der Waals surface area (Å²) in [5.74, 6) is 0.941. The molecule has 0 bridgehead atoms. The van der Waals surface area contributed by atoms with Crippen LogP contribution in [0, 0.1) is 6.92 Å². The second-order valence-corrected chi connectivity index (χ2v) is 15.7. The Morgan fingerprint density at radius 3 is 2.19 bits per heavy atom. The molecular formula is C22H43N5O3Si. The van der Waals surface area contributed by atoms with Gasteiger partial charge < -0.3 is 24.3 Å². The first-order valence-electron chi connectivity index (χ1n) is 11.3. The second kappa shape index (κ2) is 9.40. The van der Waals surface area contributed by atoms with Crippen LogP contribution in [0.1, 0.15) is 47.2 Å². The van der Waals surface area contributed by atoms with Crippen molar-refractivity contribution in [2.45, 2.75) is 72.2 Å². The van der Waals surface area contributed by atoms with Crippen molar-refractivity contribution in [2.75, 3.05) is 49.5 Å². The summed E-state index contributed by atoms with van der Waals surface area (Å²) in [7, 11) is 0.212. The van der Waals surface area contributed by atoms with Gasteiger partial charge in [0.15, 0.2) is 14.1 Å². The van der Waals surface area contributed by atoms with Crippen molar-refractivity contribution >= 4 is 25.9 Å². The number of carbonyl (C=O) groups is 1. The van der Waals surface area contributed by atoms with Crippen molar-refractivity contribution in [2.24, 2.45) is 7.05 Å². The molecule has 31 heavy (non-hydrogen) atoms. The van der Waals surface area contributed by atoms with E-state index in [4.69, 9.17) is 14.3 Å². The quantitative estimate of drug-likeness (QED) is 0.514. The van der Waals surface area contributed by atoms with Crippen LogP contribution in [0.2, 0.25) is 18.1 Å². The minimum absolute atomic E-state index is 0.205. The molecule has 2 rings (SSSR count). The van der Waals surface area contributed by atoms with E-state index >= 15 is 0 Å². The van der Waals surface area contributed by atoms with Gasteiger partial charge in [-0.15, -0.1) is 0 Å².